The van der Waals surface area contributed by atoms with Crippen LogP contribution in [0, 0.1) is 11.8 Å². The summed E-state index contributed by atoms with van der Waals surface area (Å²) in [6.07, 6.45) is 2.39. The first-order chi connectivity index (χ1) is 12.3. The number of rotatable bonds is 13. The second-order valence-electron chi connectivity index (χ2n) is 7.39. The number of carboxylic acid groups (broad SMARTS) is 2. The molecule has 0 radical (unpaired) electrons. The SMILES string of the molecule is CN(CCO)CCC(CC(=O)O)C(CCN1CCC(O)CC1)CC(=O)O. The zero-order chi connectivity index (χ0) is 19.5. The van der Waals surface area contributed by atoms with E-state index in [2.05, 4.69) is 4.90 Å². The summed E-state index contributed by atoms with van der Waals surface area (Å²) in [6.45, 7) is 3.50. The first kappa shape index (κ1) is 22.8. The number of nitrogens with zero attached hydrogens (tertiary/aromatic N) is 2. The maximum Gasteiger partial charge on any atom is 0.303 e. The summed E-state index contributed by atoms with van der Waals surface area (Å²) >= 11 is 0. The molecule has 4 N–H and O–H groups in total. The van der Waals surface area contributed by atoms with Crippen LogP contribution in [0.3, 0.4) is 0 Å². The molecule has 0 saturated carbocycles. The Kier molecular flexibility index (Phi) is 10.7. The van der Waals surface area contributed by atoms with Crippen molar-refractivity contribution in [2.24, 2.45) is 11.8 Å². The molecule has 2 unspecified atom stereocenters. The summed E-state index contributed by atoms with van der Waals surface area (Å²) in [7, 11) is 1.86. The summed E-state index contributed by atoms with van der Waals surface area (Å²) < 4.78 is 0. The van der Waals surface area contributed by atoms with Gasteiger partial charge >= 0.3 is 11.9 Å². The Hall–Kier alpha value is -1.22. The van der Waals surface area contributed by atoms with Crippen molar-refractivity contribution < 1.29 is 30.0 Å². The molecule has 0 spiro atoms. The Morgan fingerprint density at radius 1 is 1.04 bits per heavy atom. The highest BCUT2D eigenvalue weighted by Gasteiger charge is 2.27. The molecular formula is C18H34N2O6. The van der Waals surface area contributed by atoms with Gasteiger partial charge in [0.15, 0.2) is 0 Å². The van der Waals surface area contributed by atoms with Crippen LogP contribution in [0.5, 0.6) is 0 Å². The molecule has 1 saturated heterocycles. The van der Waals surface area contributed by atoms with Crippen molar-refractivity contribution in [3.63, 3.8) is 0 Å². The molecule has 1 aliphatic rings. The molecule has 0 aliphatic carbocycles. The van der Waals surface area contributed by atoms with Crippen LogP contribution in [0.15, 0.2) is 0 Å². The highest BCUT2D eigenvalue weighted by atomic mass is 16.4. The minimum atomic E-state index is -0.906. The largest absolute Gasteiger partial charge is 0.481 e. The number of aliphatic hydroxyl groups excluding tert-OH is 2. The van der Waals surface area contributed by atoms with Crippen LogP contribution >= 0.6 is 0 Å². The molecule has 152 valence electrons. The molecular weight excluding hydrogens is 340 g/mol. The van der Waals surface area contributed by atoms with Gasteiger partial charge in [0.25, 0.3) is 0 Å². The third-order valence-electron chi connectivity index (χ3n) is 5.28. The fourth-order valence-electron chi connectivity index (χ4n) is 3.62. The van der Waals surface area contributed by atoms with E-state index in [9.17, 15) is 24.9 Å². The minimum absolute atomic E-state index is 0.0296. The number of aliphatic hydroxyl groups is 2. The number of aliphatic carboxylic acids is 2. The minimum Gasteiger partial charge on any atom is -0.481 e. The predicted octanol–water partition coefficient (Wildman–Crippen LogP) is 0.329. The van der Waals surface area contributed by atoms with Gasteiger partial charge in [-0.05, 0) is 57.7 Å². The van der Waals surface area contributed by atoms with Crippen molar-refractivity contribution >= 4 is 11.9 Å². The van der Waals surface area contributed by atoms with Gasteiger partial charge in [0.2, 0.25) is 0 Å². The first-order valence-electron chi connectivity index (χ1n) is 9.45. The van der Waals surface area contributed by atoms with E-state index >= 15 is 0 Å². The van der Waals surface area contributed by atoms with Crippen LogP contribution in [-0.2, 0) is 9.59 Å². The fourth-order valence-corrected chi connectivity index (χ4v) is 3.62. The Bertz CT molecular complexity index is 426. The van der Waals surface area contributed by atoms with Crippen molar-refractivity contribution in [3.05, 3.63) is 0 Å². The Morgan fingerprint density at radius 3 is 2.08 bits per heavy atom. The number of piperidine rings is 1. The van der Waals surface area contributed by atoms with Crippen LogP contribution in [0.2, 0.25) is 0 Å². The van der Waals surface area contributed by atoms with Crippen molar-refractivity contribution in [1.82, 2.24) is 9.80 Å². The highest BCUT2D eigenvalue weighted by Crippen LogP contribution is 2.28. The topological polar surface area (TPSA) is 122 Å². The fraction of sp³-hybridized carbons (Fsp3) is 0.889. The van der Waals surface area contributed by atoms with Crippen LogP contribution in [0.4, 0.5) is 0 Å². The second kappa shape index (κ2) is 12.2. The van der Waals surface area contributed by atoms with Gasteiger partial charge in [0.1, 0.15) is 0 Å². The van der Waals surface area contributed by atoms with Gasteiger partial charge in [-0.25, -0.2) is 0 Å². The normalized spacial score (nSPS) is 18.8. The summed E-state index contributed by atoms with van der Waals surface area (Å²) in [5.41, 5.74) is 0. The van der Waals surface area contributed by atoms with Crippen LogP contribution in [-0.4, -0.2) is 94.6 Å². The average Bonchev–Trinajstić information content (AvgIpc) is 2.56. The van der Waals surface area contributed by atoms with Crippen LogP contribution in [0.25, 0.3) is 0 Å². The smallest absolute Gasteiger partial charge is 0.303 e. The monoisotopic (exact) mass is 374 g/mol. The number of carboxylic acids is 2. The van der Waals surface area contributed by atoms with E-state index in [4.69, 9.17) is 5.11 Å². The summed E-state index contributed by atoms with van der Waals surface area (Å²) in [6, 6.07) is 0. The second-order valence-corrected chi connectivity index (χ2v) is 7.39. The van der Waals surface area contributed by atoms with E-state index in [1.807, 2.05) is 11.9 Å². The molecule has 1 rings (SSSR count). The van der Waals surface area contributed by atoms with Gasteiger partial charge in [0, 0.05) is 32.5 Å². The number of likely N-dealkylation sites (tertiary alicyclic amines) is 1. The maximum atomic E-state index is 11.3. The van der Waals surface area contributed by atoms with E-state index in [1.165, 1.54) is 0 Å². The maximum absolute atomic E-state index is 11.3. The highest BCUT2D eigenvalue weighted by molar-refractivity contribution is 5.68. The molecule has 0 aromatic heterocycles. The lowest BCUT2D eigenvalue weighted by molar-refractivity contribution is -0.142. The molecule has 26 heavy (non-hydrogen) atoms. The number of hydrogen-bond donors (Lipinski definition) is 4. The number of carbonyl (C=O) groups is 2. The third kappa shape index (κ3) is 9.47. The lowest BCUT2D eigenvalue weighted by atomic mass is 9.82. The van der Waals surface area contributed by atoms with Gasteiger partial charge < -0.3 is 30.2 Å². The van der Waals surface area contributed by atoms with E-state index in [-0.39, 0.29) is 37.4 Å². The van der Waals surface area contributed by atoms with E-state index in [1.54, 1.807) is 0 Å². The van der Waals surface area contributed by atoms with Crippen LogP contribution < -0.4 is 0 Å². The van der Waals surface area contributed by atoms with E-state index in [0.29, 0.717) is 25.9 Å². The van der Waals surface area contributed by atoms with Gasteiger partial charge in [-0.1, -0.05) is 0 Å². The van der Waals surface area contributed by atoms with Crippen molar-refractivity contribution in [2.45, 2.75) is 44.6 Å². The average molecular weight is 374 g/mol. The summed E-state index contributed by atoms with van der Waals surface area (Å²) in [4.78, 5) is 26.7. The molecule has 0 aromatic rings. The molecule has 1 heterocycles. The molecule has 1 aliphatic heterocycles. The lowest BCUT2D eigenvalue weighted by Gasteiger charge is -2.32. The standard InChI is InChI=1S/C18H34N2O6/c1-19(10-11-21)6-2-14(12-17(23)24)15(13-18(25)26)3-7-20-8-4-16(22)5-9-20/h14-16,21-22H,2-13H2,1H3,(H,23,24)(H,25,26). The first-order valence-corrected chi connectivity index (χ1v) is 9.45. The quantitative estimate of drug-likeness (QED) is 0.364. The molecule has 2 atom stereocenters. The van der Waals surface area contributed by atoms with E-state index in [0.717, 1.165) is 32.5 Å². The molecule has 0 aromatic carbocycles. The van der Waals surface area contributed by atoms with Crippen LogP contribution in [0.1, 0.15) is 38.5 Å². The molecule has 1 fully saturated rings. The Labute approximate surface area is 155 Å². The van der Waals surface area contributed by atoms with Crippen molar-refractivity contribution in [1.29, 1.82) is 0 Å². The third-order valence-corrected chi connectivity index (χ3v) is 5.28. The van der Waals surface area contributed by atoms with E-state index < -0.39 is 11.9 Å². The molecule has 8 heteroatoms. The lowest BCUT2D eigenvalue weighted by Crippen LogP contribution is -2.38. The Balaban J connectivity index is 2.65. The summed E-state index contributed by atoms with van der Waals surface area (Å²) in [5, 5.41) is 37.1. The number of hydrogen-bond acceptors (Lipinski definition) is 6. The van der Waals surface area contributed by atoms with Gasteiger partial charge in [-0.15, -0.1) is 0 Å². The molecule has 8 nitrogen and oxygen atoms in total. The van der Waals surface area contributed by atoms with Crippen molar-refractivity contribution in [3.8, 4) is 0 Å². The van der Waals surface area contributed by atoms with Gasteiger partial charge in [-0.3, -0.25) is 9.59 Å². The molecule has 0 amide bonds. The zero-order valence-corrected chi connectivity index (χ0v) is 15.7. The van der Waals surface area contributed by atoms with Gasteiger partial charge in [0.05, 0.1) is 12.7 Å². The Morgan fingerprint density at radius 2 is 1.58 bits per heavy atom. The van der Waals surface area contributed by atoms with Crippen molar-refractivity contribution in [2.75, 3.05) is 46.4 Å². The number of likely N-dealkylation sites (N-methyl/N-ethyl adjacent to an activating group) is 1. The summed E-state index contributed by atoms with van der Waals surface area (Å²) in [5.74, 6) is -2.21. The molecule has 0 bridgehead atoms. The van der Waals surface area contributed by atoms with Gasteiger partial charge in [-0.2, -0.15) is 0 Å². The predicted molar refractivity (Wildman–Crippen MR) is 97.0 cm³/mol. The zero-order valence-electron chi connectivity index (χ0n) is 15.7.